The summed E-state index contributed by atoms with van der Waals surface area (Å²) in [6.45, 7) is 4.79. The maximum absolute atomic E-state index is 13.2. The van der Waals surface area contributed by atoms with Crippen molar-refractivity contribution in [2.24, 2.45) is 11.8 Å². The average Bonchev–Trinajstić information content (AvgIpc) is 2.77. The Bertz CT molecular complexity index is 892. The maximum Gasteiger partial charge on any atom is 0.245 e. The van der Waals surface area contributed by atoms with Crippen LogP contribution in [-0.4, -0.2) is 61.7 Å². The van der Waals surface area contributed by atoms with Gasteiger partial charge in [0.15, 0.2) is 0 Å². The predicted molar refractivity (Wildman–Crippen MR) is 120 cm³/mol. The Balaban J connectivity index is 1.62. The van der Waals surface area contributed by atoms with Gasteiger partial charge in [0.05, 0.1) is 5.02 Å². The molecule has 1 aliphatic carbocycles. The summed E-state index contributed by atoms with van der Waals surface area (Å²) in [7, 11) is -3.72. The summed E-state index contributed by atoms with van der Waals surface area (Å²) in [4.78, 5) is 27.6. The minimum atomic E-state index is -3.72. The number of nitrogens with one attached hydrogen (secondary N) is 1. The van der Waals surface area contributed by atoms with Crippen molar-refractivity contribution >= 4 is 33.4 Å². The molecule has 2 aliphatic rings. The Hall–Kier alpha value is -1.64. The van der Waals surface area contributed by atoms with E-state index in [1.807, 2.05) is 13.8 Å². The summed E-state index contributed by atoms with van der Waals surface area (Å²) in [5.74, 6) is -0.244. The molecule has 1 N–H and O–H groups in total. The SMILES string of the molecule is CC(C)[C@H](NC(=O)C1CCCCC1)C(=O)N1CCN(S(=O)(=O)c2ccccc2Cl)CC1. The lowest BCUT2D eigenvalue weighted by Crippen LogP contribution is -2.57. The highest BCUT2D eigenvalue weighted by Crippen LogP contribution is 2.26. The van der Waals surface area contributed by atoms with Crippen LogP contribution in [0.4, 0.5) is 0 Å². The summed E-state index contributed by atoms with van der Waals surface area (Å²) in [6.07, 6.45) is 5.03. The third kappa shape index (κ3) is 5.59. The van der Waals surface area contributed by atoms with Crippen molar-refractivity contribution in [3.8, 4) is 0 Å². The van der Waals surface area contributed by atoms with Gasteiger partial charge >= 0.3 is 0 Å². The Morgan fingerprint density at radius 1 is 1.03 bits per heavy atom. The number of hydrogen-bond acceptors (Lipinski definition) is 4. The normalized spacial score (nSPS) is 19.9. The van der Waals surface area contributed by atoms with Crippen LogP contribution in [0, 0.1) is 11.8 Å². The molecule has 1 aliphatic heterocycles. The predicted octanol–water partition coefficient (Wildman–Crippen LogP) is 2.89. The monoisotopic (exact) mass is 469 g/mol. The van der Waals surface area contributed by atoms with Crippen LogP contribution in [0.25, 0.3) is 0 Å². The van der Waals surface area contributed by atoms with E-state index in [1.165, 1.54) is 10.4 Å². The van der Waals surface area contributed by atoms with Crippen molar-refractivity contribution in [3.05, 3.63) is 29.3 Å². The van der Waals surface area contributed by atoms with E-state index in [0.717, 1.165) is 32.1 Å². The topological polar surface area (TPSA) is 86.8 Å². The molecule has 0 unspecified atom stereocenters. The van der Waals surface area contributed by atoms with E-state index in [1.54, 1.807) is 23.1 Å². The molecule has 0 radical (unpaired) electrons. The fourth-order valence-corrected chi connectivity index (χ4v) is 6.20. The molecule has 1 heterocycles. The van der Waals surface area contributed by atoms with Crippen LogP contribution in [-0.2, 0) is 19.6 Å². The highest BCUT2D eigenvalue weighted by atomic mass is 35.5. The zero-order valence-corrected chi connectivity index (χ0v) is 19.8. The molecule has 0 spiro atoms. The van der Waals surface area contributed by atoms with Crippen LogP contribution >= 0.6 is 11.6 Å². The first kappa shape index (κ1) is 24.0. The number of rotatable bonds is 6. The van der Waals surface area contributed by atoms with E-state index < -0.39 is 16.1 Å². The third-order valence-electron chi connectivity index (χ3n) is 6.21. The summed E-state index contributed by atoms with van der Waals surface area (Å²) in [5.41, 5.74) is 0. The minimum absolute atomic E-state index is 0.0135. The van der Waals surface area contributed by atoms with Crippen molar-refractivity contribution in [3.63, 3.8) is 0 Å². The van der Waals surface area contributed by atoms with Crippen LogP contribution in [0.2, 0.25) is 5.02 Å². The number of nitrogens with zero attached hydrogens (tertiary/aromatic N) is 2. The molecule has 2 fully saturated rings. The first-order chi connectivity index (χ1) is 14.7. The number of amides is 2. The van der Waals surface area contributed by atoms with Gasteiger partial charge in [-0.05, 0) is 30.9 Å². The van der Waals surface area contributed by atoms with Crippen LogP contribution in [0.1, 0.15) is 46.0 Å². The van der Waals surface area contributed by atoms with Crippen LogP contribution in [0.15, 0.2) is 29.2 Å². The molecule has 9 heteroatoms. The number of carbonyl (C=O) groups excluding carboxylic acids is 2. The molecule has 0 aromatic heterocycles. The average molecular weight is 470 g/mol. The van der Waals surface area contributed by atoms with Gasteiger partial charge in [0.1, 0.15) is 10.9 Å². The second kappa shape index (κ2) is 10.3. The van der Waals surface area contributed by atoms with Gasteiger partial charge < -0.3 is 10.2 Å². The van der Waals surface area contributed by atoms with Gasteiger partial charge in [0.25, 0.3) is 0 Å². The van der Waals surface area contributed by atoms with Gasteiger partial charge in [-0.25, -0.2) is 8.42 Å². The number of carbonyl (C=O) groups is 2. The van der Waals surface area contributed by atoms with E-state index >= 15 is 0 Å². The molecule has 31 heavy (non-hydrogen) atoms. The first-order valence-corrected chi connectivity index (χ1v) is 12.9. The van der Waals surface area contributed by atoms with Crippen molar-refractivity contribution in [2.75, 3.05) is 26.2 Å². The Labute approximate surface area is 190 Å². The smallest absolute Gasteiger partial charge is 0.245 e. The molecule has 2 amide bonds. The van der Waals surface area contributed by atoms with E-state index in [0.29, 0.717) is 0 Å². The van der Waals surface area contributed by atoms with Gasteiger partial charge in [-0.2, -0.15) is 4.31 Å². The summed E-state index contributed by atoms with van der Waals surface area (Å²) < 4.78 is 27.2. The van der Waals surface area contributed by atoms with Gasteiger partial charge in [-0.1, -0.05) is 56.8 Å². The molecule has 1 saturated heterocycles. The van der Waals surface area contributed by atoms with E-state index in [9.17, 15) is 18.0 Å². The molecular formula is C22H32ClN3O4S. The first-order valence-electron chi connectivity index (χ1n) is 11.1. The van der Waals surface area contributed by atoms with Crippen LogP contribution in [0.5, 0.6) is 0 Å². The number of sulfonamides is 1. The largest absolute Gasteiger partial charge is 0.344 e. The van der Waals surface area contributed by atoms with E-state index in [-0.39, 0.29) is 59.7 Å². The lowest BCUT2D eigenvalue weighted by atomic mass is 9.88. The highest BCUT2D eigenvalue weighted by Gasteiger charge is 2.35. The fourth-order valence-electron chi connectivity index (χ4n) is 4.29. The van der Waals surface area contributed by atoms with Crippen molar-refractivity contribution in [1.82, 2.24) is 14.5 Å². The fraction of sp³-hybridized carbons (Fsp3) is 0.636. The Morgan fingerprint density at radius 3 is 2.23 bits per heavy atom. The third-order valence-corrected chi connectivity index (χ3v) is 8.61. The standard InChI is InChI=1S/C22H32ClN3O4S/c1-16(2)20(24-21(27)17-8-4-3-5-9-17)22(28)25-12-14-26(15-13-25)31(29,30)19-11-7-6-10-18(19)23/h6-7,10-11,16-17,20H,3-5,8-9,12-15H2,1-2H3,(H,24,27)/t20-/m0/s1. The lowest BCUT2D eigenvalue weighted by molar-refractivity contribution is -0.139. The number of benzene rings is 1. The van der Waals surface area contributed by atoms with Gasteiger partial charge in [-0.15, -0.1) is 0 Å². The van der Waals surface area contributed by atoms with Gasteiger partial charge in [0, 0.05) is 32.1 Å². The van der Waals surface area contributed by atoms with Crippen molar-refractivity contribution in [2.45, 2.75) is 56.9 Å². The van der Waals surface area contributed by atoms with Crippen LogP contribution in [0.3, 0.4) is 0 Å². The number of hydrogen-bond donors (Lipinski definition) is 1. The summed E-state index contributed by atoms with van der Waals surface area (Å²) >= 11 is 6.09. The zero-order chi connectivity index (χ0) is 22.6. The van der Waals surface area contributed by atoms with Crippen molar-refractivity contribution in [1.29, 1.82) is 0 Å². The summed E-state index contributed by atoms with van der Waals surface area (Å²) in [5, 5.41) is 3.16. The molecule has 3 rings (SSSR count). The molecule has 0 bridgehead atoms. The molecular weight excluding hydrogens is 438 g/mol. The maximum atomic E-state index is 13.2. The second-order valence-corrected chi connectivity index (χ2v) is 11.0. The zero-order valence-electron chi connectivity index (χ0n) is 18.2. The van der Waals surface area contributed by atoms with E-state index in [4.69, 9.17) is 11.6 Å². The van der Waals surface area contributed by atoms with Gasteiger partial charge in [-0.3, -0.25) is 9.59 Å². The molecule has 1 aromatic carbocycles. The summed E-state index contributed by atoms with van der Waals surface area (Å²) in [6, 6.07) is 5.77. The minimum Gasteiger partial charge on any atom is -0.344 e. The molecule has 172 valence electrons. The lowest BCUT2D eigenvalue weighted by Gasteiger charge is -2.37. The second-order valence-electron chi connectivity index (χ2n) is 8.73. The number of halogens is 1. The van der Waals surface area contributed by atoms with E-state index in [2.05, 4.69) is 5.32 Å². The molecule has 1 atom stereocenters. The quantitative estimate of drug-likeness (QED) is 0.694. The van der Waals surface area contributed by atoms with Crippen LogP contribution < -0.4 is 5.32 Å². The van der Waals surface area contributed by atoms with Crippen molar-refractivity contribution < 1.29 is 18.0 Å². The number of piperazine rings is 1. The molecule has 1 aromatic rings. The Morgan fingerprint density at radius 2 is 1.65 bits per heavy atom. The molecule has 7 nitrogen and oxygen atoms in total. The van der Waals surface area contributed by atoms with Gasteiger partial charge in [0.2, 0.25) is 21.8 Å². The highest BCUT2D eigenvalue weighted by molar-refractivity contribution is 7.89. The molecule has 1 saturated carbocycles. The Kier molecular flexibility index (Phi) is 7.99.